The minimum Gasteiger partial charge on any atom is -0.497 e. The summed E-state index contributed by atoms with van der Waals surface area (Å²) >= 11 is 0. The zero-order valence-electron chi connectivity index (χ0n) is 13.0. The minimum absolute atomic E-state index is 0.373. The predicted molar refractivity (Wildman–Crippen MR) is 88.7 cm³/mol. The van der Waals surface area contributed by atoms with E-state index >= 15 is 0 Å². The van der Waals surface area contributed by atoms with Crippen LogP contribution in [0.3, 0.4) is 0 Å². The van der Waals surface area contributed by atoms with Gasteiger partial charge in [-0.2, -0.15) is 0 Å². The summed E-state index contributed by atoms with van der Waals surface area (Å²) in [6.45, 7) is 1.53. The molecule has 1 N–H and O–H groups in total. The number of ether oxygens (including phenoxy) is 2. The lowest BCUT2D eigenvalue weighted by Gasteiger charge is -2.36. The molecule has 1 aliphatic heterocycles. The van der Waals surface area contributed by atoms with E-state index in [0.29, 0.717) is 13.2 Å². The first-order valence-electron chi connectivity index (χ1n) is 7.70. The maximum atomic E-state index is 10.5. The molecule has 3 aromatic rings. The second-order valence-electron chi connectivity index (χ2n) is 6.09. The Morgan fingerprint density at radius 1 is 1.13 bits per heavy atom. The molecule has 0 aliphatic carbocycles. The van der Waals surface area contributed by atoms with Crippen molar-refractivity contribution in [3.8, 4) is 5.75 Å². The van der Waals surface area contributed by atoms with Gasteiger partial charge in [0.2, 0.25) is 0 Å². The van der Waals surface area contributed by atoms with Crippen molar-refractivity contribution in [2.45, 2.75) is 12.1 Å². The maximum absolute atomic E-state index is 10.5. The molecule has 118 valence electrons. The molecule has 4 heteroatoms. The van der Waals surface area contributed by atoms with E-state index in [1.807, 2.05) is 18.2 Å². The van der Waals surface area contributed by atoms with Gasteiger partial charge in [0.05, 0.1) is 20.3 Å². The fourth-order valence-corrected chi connectivity index (χ4v) is 3.00. The van der Waals surface area contributed by atoms with Crippen LogP contribution < -0.4 is 4.74 Å². The molecule has 2 aromatic carbocycles. The average molecular weight is 309 g/mol. The van der Waals surface area contributed by atoms with E-state index in [0.717, 1.165) is 23.4 Å². The van der Waals surface area contributed by atoms with Crippen LogP contribution in [0.4, 0.5) is 0 Å². The van der Waals surface area contributed by atoms with Crippen molar-refractivity contribution in [2.75, 3.05) is 20.3 Å². The molecule has 1 aromatic heterocycles. The average Bonchev–Trinajstić information content (AvgIpc) is 2.95. The van der Waals surface area contributed by atoms with Crippen molar-refractivity contribution in [1.82, 2.24) is 4.57 Å². The van der Waals surface area contributed by atoms with E-state index in [1.165, 1.54) is 10.9 Å². The lowest BCUT2D eigenvalue weighted by Crippen LogP contribution is -2.46. The molecule has 0 amide bonds. The van der Waals surface area contributed by atoms with E-state index in [2.05, 4.69) is 41.1 Å². The Bertz CT molecular complexity index is 831. The van der Waals surface area contributed by atoms with Crippen LogP contribution in [-0.2, 0) is 16.9 Å². The molecule has 1 fully saturated rings. The molecule has 0 unspecified atom stereocenters. The Balaban J connectivity index is 1.67. The molecule has 0 saturated carbocycles. The number of nitrogens with zero attached hydrogens (tertiary/aromatic N) is 1. The summed E-state index contributed by atoms with van der Waals surface area (Å²) in [5.74, 6) is 0.862. The molecule has 23 heavy (non-hydrogen) atoms. The highest BCUT2D eigenvalue weighted by atomic mass is 16.5. The standard InChI is InChI=1S/C19H19NO3/c1-22-17-6-2-14(3-7-17)11-20-9-8-15-4-5-16(10-18(15)20)19(21)12-23-13-19/h2-10,21H,11-13H2,1H3. The summed E-state index contributed by atoms with van der Waals surface area (Å²) in [4.78, 5) is 0. The molecular formula is C19H19NO3. The Kier molecular flexibility index (Phi) is 3.36. The first kappa shape index (κ1) is 14.3. The first-order valence-corrected chi connectivity index (χ1v) is 7.70. The van der Waals surface area contributed by atoms with Crippen LogP contribution in [0.15, 0.2) is 54.7 Å². The Labute approximate surface area is 134 Å². The van der Waals surface area contributed by atoms with Crippen molar-refractivity contribution in [3.05, 3.63) is 65.9 Å². The summed E-state index contributed by atoms with van der Waals surface area (Å²) in [5.41, 5.74) is 2.42. The molecule has 0 radical (unpaired) electrons. The monoisotopic (exact) mass is 309 g/mol. The number of hydrogen-bond donors (Lipinski definition) is 1. The van der Waals surface area contributed by atoms with Gasteiger partial charge in [-0.05, 0) is 40.8 Å². The molecular weight excluding hydrogens is 290 g/mol. The number of benzene rings is 2. The Hall–Kier alpha value is -2.30. The van der Waals surface area contributed by atoms with E-state index in [4.69, 9.17) is 9.47 Å². The van der Waals surface area contributed by atoms with Crippen molar-refractivity contribution < 1.29 is 14.6 Å². The molecule has 1 saturated heterocycles. The second-order valence-corrected chi connectivity index (χ2v) is 6.09. The number of aliphatic hydroxyl groups is 1. The van der Waals surface area contributed by atoms with Crippen LogP contribution in [0, 0.1) is 0 Å². The van der Waals surface area contributed by atoms with Crippen LogP contribution in [0.2, 0.25) is 0 Å². The lowest BCUT2D eigenvalue weighted by atomic mass is 9.91. The Morgan fingerprint density at radius 2 is 1.91 bits per heavy atom. The van der Waals surface area contributed by atoms with Gasteiger partial charge in [-0.3, -0.25) is 0 Å². The van der Waals surface area contributed by atoms with Gasteiger partial charge in [-0.25, -0.2) is 0 Å². The van der Waals surface area contributed by atoms with Gasteiger partial charge < -0.3 is 19.1 Å². The fraction of sp³-hybridized carbons (Fsp3) is 0.263. The SMILES string of the molecule is COc1ccc(Cn2ccc3ccc(C4(O)COC4)cc32)cc1. The molecule has 4 nitrogen and oxygen atoms in total. The number of hydrogen-bond acceptors (Lipinski definition) is 3. The highest BCUT2D eigenvalue weighted by Gasteiger charge is 2.38. The first-order chi connectivity index (χ1) is 11.2. The third-order valence-electron chi connectivity index (χ3n) is 4.50. The fourth-order valence-electron chi connectivity index (χ4n) is 3.00. The van der Waals surface area contributed by atoms with E-state index in [9.17, 15) is 5.11 Å². The summed E-state index contributed by atoms with van der Waals surface area (Å²) < 4.78 is 12.6. The van der Waals surface area contributed by atoms with Crippen molar-refractivity contribution in [1.29, 1.82) is 0 Å². The highest BCUT2D eigenvalue weighted by molar-refractivity contribution is 5.81. The zero-order chi connectivity index (χ0) is 15.9. The normalized spacial score (nSPS) is 16.3. The van der Waals surface area contributed by atoms with Crippen LogP contribution in [0.5, 0.6) is 5.75 Å². The van der Waals surface area contributed by atoms with Gasteiger partial charge in [0.25, 0.3) is 0 Å². The lowest BCUT2D eigenvalue weighted by molar-refractivity contribution is -0.184. The van der Waals surface area contributed by atoms with Crippen LogP contribution in [0.25, 0.3) is 10.9 Å². The maximum Gasteiger partial charge on any atom is 0.136 e. The van der Waals surface area contributed by atoms with Gasteiger partial charge in [-0.1, -0.05) is 24.3 Å². The number of methoxy groups -OCH3 is 1. The largest absolute Gasteiger partial charge is 0.497 e. The summed E-state index contributed by atoms with van der Waals surface area (Å²) in [6, 6.07) is 16.3. The predicted octanol–water partition coefficient (Wildman–Crippen LogP) is 2.92. The van der Waals surface area contributed by atoms with E-state index < -0.39 is 5.60 Å². The number of aromatic nitrogens is 1. The quantitative estimate of drug-likeness (QED) is 0.806. The van der Waals surface area contributed by atoms with Gasteiger partial charge in [0.15, 0.2) is 0 Å². The third kappa shape index (κ3) is 2.50. The van der Waals surface area contributed by atoms with Gasteiger partial charge in [0, 0.05) is 18.3 Å². The Morgan fingerprint density at radius 3 is 2.57 bits per heavy atom. The second kappa shape index (κ2) is 5.41. The third-order valence-corrected chi connectivity index (χ3v) is 4.50. The van der Waals surface area contributed by atoms with E-state index in [1.54, 1.807) is 7.11 Å². The smallest absolute Gasteiger partial charge is 0.136 e. The number of fused-ring (bicyclic) bond motifs is 1. The van der Waals surface area contributed by atoms with Gasteiger partial charge >= 0.3 is 0 Å². The summed E-state index contributed by atoms with van der Waals surface area (Å²) in [7, 11) is 1.67. The zero-order valence-corrected chi connectivity index (χ0v) is 13.0. The molecule has 1 aliphatic rings. The van der Waals surface area contributed by atoms with Crippen molar-refractivity contribution in [2.24, 2.45) is 0 Å². The van der Waals surface area contributed by atoms with Crippen LogP contribution >= 0.6 is 0 Å². The topological polar surface area (TPSA) is 43.6 Å². The van der Waals surface area contributed by atoms with Crippen LogP contribution in [0.1, 0.15) is 11.1 Å². The minimum atomic E-state index is -0.830. The van der Waals surface area contributed by atoms with E-state index in [-0.39, 0.29) is 0 Å². The molecule has 2 heterocycles. The molecule has 0 atom stereocenters. The number of rotatable bonds is 4. The van der Waals surface area contributed by atoms with Gasteiger partial charge in [0.1, 0.15) is 11.4 Å². The van der Waals surface area contributed by atoms with Crippen LogP contribution in [-0.4, -0.2) is 30.0 Å². The van der Waals surface area contributed by atoms with Crippen molar-refractivity contribution >= 4 is 10.9 Å². The molecule has 0 bridgehead atoms. The van der Waals surface area contributed by atoms with Crippen molar-refractivity contribution in [3.63, 3.8) is 0 Å². The van der Waals surface area contributed by atoms with Gasteiger partial charge in [-0.15, -0.1) is 0 Å². The summed E-state index contributed by atoms with van der Waals surface area (Å²) in [5, 5.41) is 11.6. The molecule has 4 rings (SSSR count). The molecule has 0 spiro atoms. The summed E-state index contributed by atoms with van der Waals surface area (Å²) in [6.07, 6.45) is 2.08. The highest BCUT2D eigenvalue weighted by Crippen LogP contribution is 2.31.